The van der Waals surface area contributed by atoms with Crippen LogP contribution in [0.2, 0.25) is 5.02 Å². The summed E-state index contributed by atoms with van der Waals surface area (Å²) < 4.78 is 0. The van der Waals surface area contributed by atoms with Crippen molar-refractivity contribution in [1.29, 1.82) is 0 Å². The highest BCUT2D eigenvalue weighted by atomic mass is 35.5. The van der Waals surface area contributed by atoms with Crippen molar-refractivity contribution in [2.75, 3.05) is 44.2 Å². The molecule has 1 aromatic carbocycles. The van der Waals surface area contributed by atoms with Gasteiger partial charge in [-0.3, -0.25) is 9.80 Å². The third-order valence-corrected chi connectivity index (χ3v) is 9.27. The zero-order valence-corrected chi connectivity index (χ0v) is 18.4. The van der Waals surface area contributed by atoms with Gasteiger partial charge in [-0.15, -0.1) is 0 Å². The van der Waals surface area contributed by atoms with Crippen molar-refractivity contribution < 1.29 is 0 Å². The minimum Gasteiger partial charge on any atom is -0.369 e. The molecule has 1 unspecified atom stereocenters. The second-order valence-electron chi connectivity index (χ2n) is 10.7. The lowest BCUT2D eigenvalue weighted by Gasteiger charge is -2.58. The zero-order valence-electron chi connectivity index (χ0n) is 17.7. The van der Waals surface area contributed by atoms with E-state index >= 15 is 0 Å². The second-order valence-corrected chi connectivity index (χ2v) is 11.2. The molecule has 4 aliphatic carbocycles. The summed E-state index contributed by atoms with van der Waals surface area (Å²) >= 11 is 6.21. The lowest BCUT2D eigenvalue weighted by Crippen LogP contribution is -2.61. The van der Waals surface area contributed by atoms with Crippen LogP contribution in [0, 0.1) is 23.7 Å². The Morgan fingerprint density at radius 2 is 1.52 bits per heavy atom. The summed E-state index contributed by atoms with van der Waals surface area (Å²) in [5.41, 5.74) is 1.29. The summed E-state index contributed by atoms with van der Waals surface area (Å²) in [6, 6.07) is 10.1. The molecule has 158 valence electrons. The minimum absolute atomic E-state index is 0.780. The van der Waals surface area contributed by atoms with E-state index < -0.39 is 0 Å². The quantitative estimate of drug-likeness (QED) is 0.707. The topological polar surface area (TPSA) is 9.72 Å². The van der Waals surface area contributed by atoms with Gasteiger partial charge in [0.05, 0.1) is 0 Å². The van der Waals surface area contributed by atoms with Gasteiger partial charge in [0, 0.05) is 55.5 Å². The molecular weight excluding hydrogens is 378 g/mol. The molecule has 6 aliphatic rings. The Kier molecular flexibility index (Phi) is 5.05. The maximum atomic E-state index is 6.21. The molecule has 4 bridgehead atoms. The molecule has 0 amide bonds. The summed E-state index contributed by atoms with van der Waals surface area (Å²) in [5.74, 6) is 4.25. The summed E-state index contributed by atoms with van der Waals surface area (Å²) in [7, 11) is 0. The van der Waals surface area contributed by atoms with Crippen LogP contribution in [-0.4, -0.2) is 61.2 Å². The molecule has 0 N–H and O–H groups in total. The Balaban J connectivity index is 1.08. The fourth-order valence-corrected chi connectivity index (χ4v) is 8.25. The maximum absolute atomic E-state index is 6.21. The van der Waals surface area contributed by atoms with E-state index in [-0.39, 0.29) is 0 Å². The van der Waals surface area contributed by atoms with Gasteiger partial charge in [-0.05, 0) is 93.4 Å². The summed E-state index contributed by atoms with van der Waals surface area (Å²) in [6.07, 6.45) is 10.6. The van der Waals surface area contributed by atoms with Crippen molar-refractivity contribution in [3.8, 4) is 0 Å². The van der Waals surface area contributed by atoms with E-state index in [1.54, 1.807) is 32.1 Å². The summed E-state index contributed by atoms with van der Waals surface area (Å²) in [6.45, 7) is 7.37. The van der Waals surface area contributed by atoms with E-state index in [4.69, 9.17) is 11.6 Å². The predicted molar refractivity (Wildman–Crippen MR) is 121 cm³/mol. The van der Waals surface area contributed by atoms with Crippen LogP contribution in [0.4, 0.5) is 5.69 Å². The van der Waals surface area contributed by atoms with Crippen LogP contribution in [0.5, 0.6) is 0 Å². The molecular formula is C25H36ClN3. The van der Waals surface area contributed by atoms with E-state index in [9.17, 15) is 0 Å². The lowest BCUT2D eigenvalue weighted by atomic mass is 9.53. The highest BCUT2D eigenvalue weighted by Gasteiger charge is 2.50. The number of piperidine rings is 1. The number of piperazine rings is 1. The van der Waals surface area contributed by atoms with Crippen molar-refractivity contribution in [3.05, 3.63) is 29.3 Å². The Hall–Kier alpha value is -0.770. The van der Waals surface area contributed by atoms with Gasteiger partial charge in [-0.25, -0.2) is 0 Å². The van der Waals surface area contributed by atoms with Gasteiger partial charge in [-0.2, -0.15) is 0 Å². The molecule has 1 atom stereocenters. The Bertz CT molecular complexity index is 701. The SMILES string of the molecule is Clc1cccc(N2CCN(C3CCCN(C4C5CC6CC(C5)CC4C6)C3)CC2)c1. The smallest absolute Gasteiger partial charge is 0.0426 e. The van der Waals surface area contributed by atoms with Crippen molar-refractivity contribution >= 4 is 17.3 Å². The summed E-state index contributed by atoms with van der Waals surface area (Å²) in [4.78, 5) is 8.30. The first-order chi connectivity index (χ1) is 14.2. The first-order valence-electron chi connectivity index (χ1n) is 12.2. The molecule has 2 heterocycles. The molecule has 1 aromatic rings. The van der Waals surface area contributed by atoms with Crippen molar-refractivity contribution in [2.24, 2.45) is 23.7 Å². The maximum Gasteiger partial charge on any atom is 0.0426 e. The molecule has 4 saturated carbocycles. The van der Waals surface area contributed by atoms with Gasteiger partial charge in [0.15, 0.2) is 0 Å². The van der Waals surface area contributed by atoms with Gasteiger partial charge in [0.25, 0.3) is 0 Å². The van der Waals surface area contributed by atoms with Crippen LogP contribution in [0.15, 0.2) is 24.3 Å². The van der Waals surface area contributed by atoms with Crippen LogP contribution in [0.25, 0.3) is 0 Å². The van der Waals surface area contributed by atoms with Crippen molar-refractivity contribution in [2.45, 2.75) is 57.0 Å². The minimum atomic E-state index is 0.780. The van der Waals surface area contributed by atoms with Gasteiger partial charge >= 0.3 is 0 Å². The molecule has 29 heavy (non-hydrogen) atoms. The number of benzene rings is 1. The van der Waals surface area contributed by atoms with Crippen LogP contribution >= 0.6 is 11.6 Å². The zero-order chi connectivity index (χ0) is 19.4. The highest BCUT2D eigenvalue weighted by molar-refractivity contribution is 6.30. The van der Waals surface area contributed by atoms with Crippen LogP contribution in [0.1, 0.15) is 44.9 Å². The van der Waals surface area contributed by atoms with Crippen LogP contribution in [0.3, 0.4) is 0 Å². The largest absolute Gasteiger partial charge is 0.369 e. The molecule has 2 saturated heterocycles. The standard InChI is InChI=1S/C25H36ClN3/c26-22-3-1-4-23(16-22)27-7-9-28(10-8-27)24-5-2-6-29(17-24)25-20-12-18-11-19(14-20)15-21(25)13-18/h1,3-4,16,18-21,24-25H,2,5-15,17H2. The van der Waals surface area contributed by atoms with Crippen molar-refractivity contribution in [3.63, 3.8) is 0 Å². The molecule has 7 rings (SSSR count). The lowest BCUT2D eigenvalue weighted by molar-refractivity contribution is -0.0795. The Morgan fingerprint density at radius 3 is 2.21 bits per heavy atom. The normalized spacial score (nSPS) is 40.5. The monoisotopic (exact) mass is 413 g/mol. The second kappa shape index (κ2) is 7.73. The molecule has 2 aliphatic heterocycles. The molecule has 0 aromatic heterocycles. The van der Waals surface area contributed by atoms with Crippen LogP contribution in [-0.2, 0) is 0 Å². The average Bonchev–Trinajstić information content (AvgIpc) is 2.73. The average molecular weight is 414 g/mol. The predicted octanol–water partition coefficient (Wildman–Crippen LogP) is 4.75. The van der Waals surface area contributed by atoms with E-state index in [2.05, 4.69) is 32.9 Å². The fraction of sp³-hybridized carbons (Fsp3) is 0.760. The number of hydrogen-bond acceptors (Lipinski definition) is 3. The number of nitrogens with zero attached hydrogens (tertiary/aromatic N) is 3. The molecule has 6 fully saturated rings. The molecule has 0 radical (unpaired) electrons. The van der Waals surface area contributed by atoms with E-state index in [1.807, 2.05) is 6.07 Å². The molecule has 0 spiro atoms. The van der Waals surface area contributed by atoms with Crippen LogP contribution < -0.4 is 4.90 Å². The summed E-state index contributed by atoms with van der Waals surface area (Å²) in [5, 5.41) is 0.850. The number of halogens is 1. The van der Waals surface area contributed by atoms with Gasteiger partial charge < -0.3 is 4.90 Å². The number of anilines is 1. The number of hydrogen-bond donors (Lipinski definition) is 0. The Morgan fingerprint density at radius 1 is 0.793 bits per heavy atom. The third kappa shape index (κ3) is 3.62. The van der Waals surface area contributed by atoms with E-state index in [1.165, 1.54) is 44.7 Å². The third-order valence-electron chi connectivity index (χ3n) is 9.03. The first-order valence-corrected chi connectivity index (χ1v) is 12.6. The first kappa shape index (κ1) is 19.0. The fourth-order valence-electron chi connectivity index (χ4n) is 8.06. The van der Waals surface area contributed by atoms with E-state index in [0.29, 0.717) is 0 Å². The van der Waals surface area contributed by atoms with E-state index in [0.717, 1.165) is 53.9 Å². The van der Waals surface area contributed by atoms with Crippen molar-refractivity contribution in [1.82, 2.24) is 9.80 Å². The Labute approximate surface area is 181 Å². The molecule has 4 heteroatoms. The highest BCUT2D eigenvalue weighted by Crippen LogP contribution is 2.55. The number of likely N-dealkylation sites (tertiary alicyclic amines) is 1. The van der Waals surface area contributed by atoms with Gasteiger partial charge in [0.1, 0.15) is 0 Å². The van der Waals surface area contributed by atoms with Gasteiger partial charge in [0.2, 0.25) is 0 Å². The number of rotatable bonds is 3. The van der Waals surface area contributed by atoms with Gasteiger partial charge in [-0.1, -0.05) is 17.7 Å². The molecule has 3 nitrogen and oxygen atoms in total.